The molecule has 0 aliphatic heterocycles. The smallest absolute Gasteiger partial charge is 0.251 e. The van der Waals surface area contributed by atoms with Gasteiger partial charge in [0, 0.05) is 30.4 Å². The summed E-state index contributed by atoms with van der Waals surface area (Å²) in [7, 11) is 0. The summed E-state index contributed by atoms with van der Waals surface area (Å²) in [6.07, 6.45) is 2.53. The lowest BCUT2D eigenvalue weighted by Gasteiger charge is -2.23. The van der Waals surface area contributed by atoms with E-state index in [9.17, 15) is 9.18 Å². The van der Waals surface area contributed by atoms with Crippen LogP contribution in [0.3, 0.4) is 0 Å². The highest BCUT2D eigenvalue weighted by Gasteiger charge is 2.28. The molecule has 23 heavy (non-hydrogen) atoms. The van der Waals surface area contributed by atoms with Gasteiger partial charge in [-0.2, -0.15) is 0 Å². The van der Waals surface area contributed by atoms with Crippen LogP contribution in [0.5, 0.6) is 0 Å². The third-order valence-electron chi connectivity index (χ3n) is 4.13. The molecule has 1 saturated carbocycles. The standard InChI is InChI=1S/C19H21FN2O/c1-2-22(17-10-11-17)18-5-3-4-14(12-18)13-21-19(23)15-6-8-16(20)9-7-15/h3-9,12,17H,2,10-11,13H2,1H3,(H,21,23). The molecule has 3 rings (SSSR count). The first kappa shape index (κ1) is 15.5. The van der Waals surface area contributed by atoms with Crippen LogP contribution in [0.2, 0.25) is 0 Å². The second-order valence-corrected chi connectivity index (χ2v) is 5.88. The van der Waals surface area contributed by atoms with Crippen molar-refractivity contribution in [3.05, 3.63) is 65.5 Å². The van der Waals surface area contributed by atoms with Gasteiger partial charge in [0.25, 0.3) is 5.91 Å². The van der Waals surface area contributed by atoms with Crippen LogP contribution in [0.1, 0.15) is 35.7 Å². The number of hydrogen-bond donors (Lipinski definition) is 1. The number of benzene rings is 2. The molecule has 0 bridgehead atoms. The first-order chi connectivity index (χ1) is 11.2. The van der Waals surface area contributed by atoms with E-state index < -0.39 is 0 Å². The number of carbonyl (C=O) groups excluding carboxylic acids is 1. The van der Waals surface area contributed by atoms with E-state index in [-0.39, 0.29) is 11.7 Å². The van der Waals surface area contributed by atoms with Gasteiger partial charge in [-0.05, 0) is 61.7 Å². The van der Waals surface area contributed by atoms with Crippen molar-refractivity contribution < 1.29 is 9.18 Å². The molecule has 0 heterocycles. The number of halogens is 1. The Morgan fingerprint density at radius 2 is 1.96 bits per heavy atom. The van der Waals surface area contributed by atoms with Crippen molar-refractivity contribution in [1.29, 1.82) is 0 Å². The van der Waals surface area contributed by atoms with Crippen molar-refractivity contribution in [1.82, 2.24) is 5.32 Å². The molecule has 1 fully saturated rings. The van der Waals surface area contributed by atoms with Crippen molar-refractivity contribution >= 4 is 11.6 Å². The lowest BCUT2D eigenvalue weighted by atomic mass is 10.1. The Kier molecular flexibility index (Phi) is 4.60. The van der Waals surface area contributed by atoms with Gasteiger partial charge in [-0.15, -0.1) is 0 Å². The van der Waals surface area contributed by atoms with E-state index in [0.29, 0.717) is 18.2 Å². The fourth-order valence-corrected chi connectivity index (χ4v) is 2.77. The molecular weight excluding hydrogens is 291 g/mol. The predicted molar refractivity (Wildman–Crippen MR) is 90.1 cm³/mol. The Morgan fingerprint density at radius 1 is 1.22 bits per heavy atom. The van der Waals surface area contributed by atoms with Crippen LogP contribution < -0.4 is 10.2 Å². The minimum atomic E-state index is -0.339. The van der Waals surface area contributed by atoms with Gasteiger partial charge in [0.15, 0.2) is 0 Å². The van der Waals surface area contributed by atoms with Crippen LogP contribution in [-0.2, 0) is 6.54 Å². The first-order valence-electron chi connectivity index (χ1n) is 8.06. The Labute approximate surface area is 136 Å². The normalized spacial score (nSPS) is 13.7. The highest BCUT2D eigenvalue weighted by Crippen LogP contribution is 2.31. The fourth-order valence-electron chi connectivity index (χ4n) is 2.77. The van der Waals surface area contributed by atoms with Crippen LogP contribution in [0.25, 0.3) is 0 Å². The number of hydrogen-bond acceptors (Lipinski definition) is 2. The molecule has 0 spiro atoms. The molecule has 1 aliphatic carbocycles. The summed E-state index contributed by atoms with van der Waals surface area (Å²) >= 11 is 0. The van der Waals surface area contributed by atoms with E-state index in [1.807, 2.05) is 12.1 Å². The Morgan fingerprint density at radius 3 is 2.61 bits per heavy atom. The maximum absolute atomic E-state index is 12.9. The van der Waals surface area contributed by atoms with Crippen LogP contribution in [0.4, 0.5) is 10.1 Å². The average molecular weight is 312 g/mol. The summed E-state index contributed by atoms with van der Waals surface area (Å²) in [5.41, 5.74) is 2.75. The van der Waals surface area contributed by atoms with Crippen molar-refractivity contribution in [3.8, 4) is 0 Å². The molecule has 4 heteroatoms. The largest absolute Gasteiger partial charge is 0.369 e. The Balaban J connectivity index is 1.63. The highest BCUT2D eigenvalue weighted by atomic mass is 19.1. The number of nitrogens with zero attached hydrogens (tertiary/aromatic N) is 1. The molecule has 3 nitrogen and oxygen atoms in total. The minimum absolute atomic E-state index is 0.190. The van der Waals surface area contributed by atoms with E-state index in [0.717, 1.165) is 12.1 Å². The zero-order chi connectivity index (χ0) is 16.2. The van der Waals surface area contributed by atoms with Crippen molar-refractivity contribution in [2.24, 2.45) is 0 Å². The Bertz CT molecular complexity index is 680. The summed E-state index contributed by atoms with van der Waals surface area (Å²) in [6.45, 7) is 3.63. The summed E-state index contributed by atoms with van der Waals surface area (Å²) in [5.74, 6) is -0.529. The van der Waals surface area contributed by atoms with Gasteiger partial charge in [-0.1, -0.05) is 12.1 Å². The van der Waals surface area contributed by atoms with E-state index in [2.05, 4.69) is 29.3 Å². The van der Waals surface area contributed by atoms with Gasteiger partial charge in [0.1, 0.15) is 5.82 Å². The lowest BCUT2D eigenvalue weighted by Crippen LogP contribution is -2.26. The number of nitrogens with one attached hydrogen (secondary N) is 1. The highest BCUT2D eigenvalue weighted by molar-refractivity contribution is 5.94. The molecule has 2 aromatic carbocycles. The van der Waals surface area contributed by atoms with Gasteiger partial charge < -0.3 is 10.2 Å². The van der Waals surface area contributed by atoms with E-state index in [4.69, 9.17) is 0 Å². The maximum atomic E-state index is 12.9. The number of carbonyl (C=O) groups is 1. The number of amides is 1. The fraction of sp³-hybridized carbons (Fsp3) is 0.316. The second-order valence-electron chi connectivity index (χ2n) is 5.88. The number of anilines is 1. The molecule has 0 unspecified atom stereocenters. The van der Waals surface area contributed by atoms with Gasteiger partial charge >= 0.3 is 0 Å². The second kappa shape index (κ2) is 6.82. The SMILES string of the molecule is CCN(c1cccc(CNC(=O)c2ccc(F)cc2)c1)C1CC1. The monoisotopic (exact) mass is 312 g/mol. The lowest BCUT2D eigenvalue weighted by molar-refractivity contribution is 0.0951. The molecule has 0 atom stereocenters. The van der Waals surface area contributed by atoms with Crippen molar-refractivity contribution in [3.63, 3.8) is 0 Å². The van der Waals surface area contributed by atoms with Crippen LogP contribution >= 0.6 is 0 Å². The summed E-state index contributed by atoms with van der Waals surface area (Å²) < 4.78 is 12.9. The topological polar surface area (TPSA) is 32.3 Å². The van der Waals surface area contributed by atoms with Crippen molar-refractivity contribution in [2.45, 2.75) is 32.4 Å². The first-order valence-corrected chi connectivity index (χ1v) is 8.06. The van der Waals surface area contributed by atoms with Crippen LogP contribution in [0.15, 0.2) is 48.5 Å². The van der Waals surface area contributed by atoms with Gasteiger partial charge in [0.05, 0.1) is 0 Å². The zero-order valence-corrected chi connectivity index (χ0v) is 13.3. The molecule has 0 saturated heterocycles. The van der Waals surface area contributed by atoms with E-state index in [1.165, 1.54) is 42.8 Å². The van der Waals surface area contributed by atoms with Gasteiger partial charge in [0.2, 0.25) is 0 Å². The third kappa shape index (κ3) is 3.89. The molecular formula is C19H21FN2O. The Hall–Kier alpha value is -2.36. The summed E-state index contributed by atoms with van der Waals surface area (Å²) in [6, 6.07) is 14.5. The molecule has 0 aromatic heterocycles. The molecule has 1 N–H and O–H groups in total. The quantitative estimate of drug-likeness (QED) is 0.881. The van der Waals surface area contributed by atoms with E-state index >= 15 is 0 Å². The van der Waals surface area contributed by atoms with Crippen LogP contribution in [0, 0.1) is 5.82 Å². The minimum Gasteiger partial charge on any atom is -0.369 e. The molecule has 120 valence electrons. The average Bonchev–Trinajstić information content (AvgIpc) is 3.39. The molecule has 2 aromatic rings. The predicted octanol–water partition coefficient (Wildman–Crippen LogP) is 3.74. The molecule has 1 amide bonds. The summed E-state index contributed by atoms with van der Waals surface area (Å²) in [5, 5.41) is 2.88. The summed E-state index contributed by atoms with van der Waals surface area (Å²) in [4.78, 5) is 14.5. The van der Waals surface area contributed by atoms with Gasteiger partial charge in [-0.3, -0.25) is 4.79 Å². The maximum Gasteiger partial charge on any atom is 0.251 e. The number of rotatable bonds is 6. The third-order valence-corrected chi connectivity index (χ3v) is 4.13. The van der Waals surface area contributed by atoms with Gasteiger partial charge in [-0.25, -0.2) is 4.39 Å². The van der Waals surface area contributed by atoms with Crippen molar-refractivity contribution in [2.75, 3.05) is 11.4 Å². The molecule has 1 aliphatic rings. The zero-order valence-electron chi connectivity index (χ0n) is 13.3. The molecule has 0 radical (unpaired) electrons. The van der Waals surface area contributed by atoms with E-state index in [1.54, 1.807) is 0 Å². The van der Waals surface area contributed by atoms with Crippen LogP contribution in [-0.4, -0.2) is 18.5 Å².